The van der Waals surface area contributed by atoms with E-state index in [1.807, 2.05) is 0 Å². The Balaban J connectivity index is 3.22. The van der Waals surface area contributed by atoms with Crippen molar-refractivity contribution >= 4 is 5.97 Å². The van der Waals surface area contributed by atoms with Crippen molar-refractivity contribution < 1.29 is 14.6 Å². The van der Waals surface area contributed by atoms with Crippen LogP contribution < -0.4 is 0 Å². The zero-order chi connectivity index (χ0) is 26.9. The van der Waals surface area contributed by atoms with Crippen LogP contribution in [0.5, 0.6) is 0 Å². The molecule has 3 nitrogen and oxygen atoms in total. The molecule has 37 heavy (non-hydrogen) atoms. The fourth-order valence-corrected chi connectivity index (χ4v) is 4.67. The first kappa shape index (κ1) is 35.9. The first-order valence-corrected chi connectivity index (χ1v) is 16.4. The molecule has 0 saturated carbocycles. The third-order valence-electron chi connectivity index (χ3n) is 7.15. The normalized spacial score (nSPS) is 11.7. The molecule has 0 aliphatic heterocycles. The predicted octanol–water partition coefficient (Wildman–Crippen LogP) is 10.8. The van der Waals surface area contributed by atoms with Crippen molar-refractivity contribution in [3.05, 3.63) is 24.3 Å². The summed E-state index contributed by atoms with van der Waals surface area (Å²) >= 11 is 0. The third kappa shape index (κ3) is 32.9. The molecule has 1 N–H and O–H groups in total. The number of carbonyl (C=O) groups is 1. The summed E-state index contributed by atoms with van der Waals surface area (Å²) in [6.07, 6.45) is 40.9. The number of unbranched alkanes of at least 4 members (excludes halogenated alkanes) is 21. The highest BCUT2D eigenvalue weighted by Gasteiger charge is 2.02. The number of hydrogen-bond donors (Lipinski definition) is 1. The van der Waals surface area contributed by atoms with Gasteiger partial charge in [0.05, 0.1) is 6.61 Å². The summed E-state index contributed by atoms with van der Waals surface area (Å²) < 4.78 is 5.41. The van der Waals surface area contributed by atoms with Gasteiger partial charge < -0.3 is 9.84 Å². The predicted molar refractivity (Wildman–Crippen MR) is 162 cm³/mol. The quantitative estimate of drug-likeness (QED) is 0.0582. The van der Waals surface area contributed by atoms with E-state index in [2.05, 4.69) is 31.2 Å². The Morgan fingerprint density at radius 1 is 0.541 bits per heavy atom. The molecule has 0 aliphatic carbocycles. The number of aliphatic hydroxyl groups excluding tert-OH is 1. The number of carbonyl (C=O) groups excluding carboxylic acids is 1. The minimum absolute atomic E-state index is 0.000853. The number of allylic oxidation sites excluding steroid dienone is 4. The van der Waals surface area contributed by atoms with Crippen LogP contribution in [0.15, 0.2) is 24.3 Å². The molecular weight excluding hydrogens is 456 g/mol. The number of aliphatic hydroxyl groups is 1. The van der Waals surface area contributed by atoms with Crippen molar-refractivity contribution in [3.63, 3.8) is 0 Å². The van der Waals surface area contributed by atoms with Crippen molar-refractivity contribution in [2.24, 2.45) is 0 Å². The van der Waals surface area contributed by atoms with Crippen LogP contribution in [0.1, 0.15) is 174 Å². The van der Waals surface area contributed by atoms with Gasteiger partial charge in [0.2, 0.25) is 0 Å². The van der Waals surface area contributed by atoms with Crippen LogP contribution in [-0.4, -0.2) is 24.3 Å². The molecule has 0 rings (SSSR count). The molecule has 0 atom stereocenters. The molecule has 218 valence electrons. The van der Waals surface area contributed by atoms with Gasteiger partial charge >= 0.3 is 5.97 Å². The Labute approximate surface area is 231 Å². The molecule has 0 bridgehead atoms. The van der Waals surface area contributed by atoms with E-state index in [1.54, 1.807) is 0 Å². The lowest BCUT2D eigenvalue weighted by Gasteiger charge is -2.05. The van der Waals surface area contributed by atoms with Gasteiger partial charge in [-0.25, -0.2) is 0 Å². The third-order valence-corrected chi connectivity index (χ3v) is 7.15. The molecule has 0 saturated heterocycles. The molecular formula is C34H64O3. The van der Waals surface area contributed by atoms with E-state index < -0.39 is 0 Å². The summed E-state index contributed by atoms with van der Waals surface area (Å²) in [4.78, 5) is 11.9. The molecule has 0 heterocycles. The maximum Gasteiger partial charge on any atom is 0.305 e. The number of ether oxygens (including phenoxy) is 1. The first-order valence-electron chi connectivity index (χ1n) is 16.4. The van der Waals surface area contributed by atoms with E-state index in [1.165, 1.54) is 128 Å². The highest BCUT2D eigenvalue weighted by atomic mass is 16.5. The molecule has 0 amide bonds. The lowest BCUT2D eigenvalue weighted by Crippen LogP contribution is -2.05. The Bertz CT molecular complexity index is 497. The molecule has 0 unspecified atom stereocenters. The van der Waals surface area contributed by atoms with Crippen molar-refractivity contribution in [2.45, 2.75) is 174 Å². The van der Waals surface area contributed by atoms with Gasteiger partial charge in [0.25, 0.3) is 0 Å². The van der Waals surface area contributed by atoms with Gasteiger partial charge in [-0.15, -0.1) is 0 Å². The minimum Gasteiger partial charge on any atom is -0.466 e. The maximum absolute atomic E-state index is 11.9. The highest BCUT2D eigenvalue weighted by Crippen LogP contribution is 2.13. The van der Waals surface area contributed by atoms with E-state index in [0.29, 0.717) is 19.6 Å². The van der Waals surface area contributed by atoms with Gasteiger partial charge in [0.15, 0.2) is 0 Å². The zero-order valence-electron chi connectivity index (χ0n) is 24.9. The van der Waals surface area contributed by atoms with E-state index in [4.69, 9.17) is 9.84 Å². The van der Waals surface area contributed by atoms with Crippen LogP contribution in [0.2, 0.25) is 0 Å². The Morgan fingerprint density at radius 2 is 0.973 bits per heavy atom. The topological polar surface area (TPSA) is 46.5 Å². The van der Waals surface area contributed by atoms with Crippen LogP contribution in [-0.2, 0) is 9.53 Å². The van der Waals surface area contributed by atoms with E-state index >= 15 is 0 Å². The molecule has 0 aromatic heterocycles. The van der Waals surface area contributed by atoms with Gasteiger partial charge in [-0.05, 0) is 51.4 Å². The minimum atomic E-state index is -0.000853. The highest BCUT2D eigenvalue weighted by molar-refractivity contribution is 5.69. The summed E-state index contributed by atoms with van der Waals surface area (Å²) in [5.41, 5.74) is 0. The molecule has 3 heteroatoms. The van der Waals surface area contributed by atoms with Crippen LogP contribution in [0.4, 0.5) is 0 Å². The number of esters is 1. The van der Waals surface area contributed by atoms with Gasteiger partial charge in [0, 0.05) is 13.0 Å². The van der Waals surface area contributed by atoms with E-state index in [9.17, 15) is 4.79 Å². The van der Waals surface area contributed by atoms with Crippen LogP contribution >= 0.6 is 0 Å². The molecule has 0 aliphatic rings. The second-order valence-corrected chi connectivity index (χ2v) is 10.9. The Hall–Kier alpha value is -1.09. The summed E-state index contributed by atoms with van der Waals surface area (Å²) in [6.45, 7) is 3.21. The second-order valence-electron chi connectivity index (χ2n) is 10.9. The SMILES string of the molecule is CCCCC/C=C\C/C=C\CCCCCCCC(=O)OCCCCCCCCCCCCCCCCO. The number of rotatable bonds is 30. The number of hydrogen-bond acceptors (Lipinski definition) is 3. The summed E-state index contributed by atoms with van der Waals surface area (Å²) in [5.74, 6) is -0.000853. The van der Waals surface area contributed by atoms with Crippen LogP contribution in [0.25, 0.3) is 0 Å². The second kappa shape index (κ2) is 32.9. The van der Waals surface area contributed by atoms with Crippen molar-refractivity contribution in [3.8, 4) is 0 Å². The lowest BCUT2D eigenvalue weighted by molar-refractivity contribution is -0.143. The maximum atomic E-state index is 11.9. The van der Waals surface area contributed by atoms with Crippen molar-refractivity contribution in [1.82, 2.24) is 0 Å². The molecule has 0 aromatic rings. The smallest absolute Gasteiger partial charge is 0.305 e. The van der Waals surface area contributed by atoms with E-state index in [-0.39, 0.29) is 5.97 Å². The summed E-state index contributed by atoms with van der Waals surface area (Å²) in [6, 6.07) is 0. The summed E-state index contributed by atoms with van der Waals surface area (Å²) in [7, 11) is 0. The largest absolute Gasteiger partial charge is 0.466 e. The van der Waals surface area contributed by atoms with Gasteiger partial charge in [0.1, 0.15) is 0 Å². The fourth-order valence-electron chi connectivity index (χ4n) is 4.67. The van der Waals surface area contributed by atoms with Gasteiger partial charge in [-0.1, -0.05) is 140 Å². The lowest BCUT2D eigenvalue weighted by atomic mass is 10.0. The average Bonchev–Trinajstić information content (AvgIpc) is 2.90. The van der Waals surface area contributed by atoms with Crippen LogP contribution in [0, 0.1) is 0 Å². The molecule has 0 radical (unpaired) electrons. The van der Waals surface area contributed by atoms with Crippen molar-refractivity contribution in [2.75, 3.05) is 13.2 Å². The average molecular weight is 521 g/mol. The van der Waals surface area contributed by atoms with Gasteiger partial charge in [-0.3, -0.25) is 4.79 Å². The molecule has 0 spiro atoms. The van der Waals surface area contributed by atoms with Crippen molar-refractivity contribution in [1.29, 1.82) is 0 Å². The molecule has 0 aromatic carbocycles. The Kier molecular flexibility index (Phi) is 32.0. The zero-order valence-corrected chi connectivity index (χ0v) is 24.9. The van der Waals surface area contributed by atoms with Gasteiger partial charge in [-0.2, -0.15) is 0 Å². The fraction of sp³-hybridized carbons (Fsp3) is 0.853. The van der Waals surface area contributed by atoms with E-state index in [0.717, 1.165) is 32.1 Å². The summed E-state index contributed by atoms with van der Waals surface area (Å²) in [5, 5.41) is 8.77. The first-order chi connectivity index (χ1) is 18.3. The Morgan fingerprint density at radius 3 is 1.49 bits per heavy atom. The standard InChI is InChI=1S/C34H64O3/c1-2-3-4-5-6-7-8-9-10-13-16-19-22-25-28-31-34(36)37-33-30-27-24-21-18-15-12-11-14-17-20-23-26-29-32-35/h6-7,9-10,35H,2-5,8,11-33H2,1H3/b7-6-,10-9-. The monoisotopic (exact) mass is 520 g/mol. The van der Waals surface area contributed by atoms with Crippen LogP contribution in [0.3, 0.4) is 0 Å². The molecule has 0 fully saturated rings.